The van der Waals surface area contributed by atoms with Crippen LogP contribution in [0.25, 0.3) is 22.1 Å². The van der Waals surface area contributed by atoms with E-state index in [1.165, 1.54) is 10.8 Å². The second-order valence-corrected chi connectivity index (χ2v) is 13.5. The van der Waals surface area contributed by atoms with Crippen molar-refractivity contribution in [1.82, 2.24) is 29.3 Å². The van der Waals surface area contributed by atoms with Crippen LogP contribution >= 0.6 is 0 Å². The summed E-state index contributed by atoms with van der Waals surface area (Å²) in [7, 11) is 0. The molecule has 5 heterocycles. The van der Waals surface area contributed by atoms with E-state index in [9.17, 15) is 29.7 Å². The first-order valence-corrected chi connectivity index (χ1v) is 16.9. The number of nitrogens with one attached hydrogen (secondary N) is 2. The van der Waals surface area contributed by atoms with Crippen molar-refractivity contribution in [2.45, 2.75) is 71.1 Å². The molecule has 262 valence electrons. The molecular formula is C35H40N8O7. The summed E-state index contributed by atoms with van der Waals surface area (Å²) < 4.78 is 7.20. The van der Waals surface area contributed by atoms with E-state index in [-0.39, 0.29) is 29.4 Å². The lowest BCUT2D eigenvalue weighted by Gasteiger charge is -2.15. The Kier molecular flexibility index (Phi) is 8.88. The first-order chi connectivity index (χ1) is 24.0. The number of aliphatic hydroxyl groups is 3. The molecule has 1 amide bonds. The summed E-state index contributed by atoms with van der Waals surface area (Å²) in [4.78, 5) is 47.1. The third kappa shape index (κ3) is 6.71. The fourth-order valence-corrected chi connectivity index (χ4v) is 6.90. The van der Waals surface area contributed by atoms with Crippen molar-refractivity contribution in [3.8, 4) is 0 Å². The van der Waals surface area contributed by atoms with Gasteiger partial charge in [0.1, 0.15) is 18.2 Å². The molecule has 15 heteroatoms. The van der Waals surface area contributed by atoms with Gasteiger partial charge in [-0.2, -0.15) is 5.10 Å². The zero-order valence-corrected chi connectivity index (χ0v) is 27.8. The number of benzene rings is 1. The van der Waals surface area contributed by atoms with Crippen molar-refractivity contribution in [1.29, 1.82) is 0 Å². The number of pyridine rings is 2. The van der Waals surface area contributed by atoms with Crippen LogP contribution in [-0.4, -0.2) is 63.0 Å². The summed E-state index contributed by atoms with van der Waals surface area (Å²) in [6, 6.07) is 14.8. The first-order valence-electron chi connectivity index (χ1n) is 16.9. The number of amides is 1. The van der Waals surface area contributed by atoms with Crippen LogP contribution < -0.4 is 15.9 Å². The van der Waals surface area contributed by atoms with Gasteiger partial charge in [-0.3, -0.25) is 24.2 Å². The predicted molar refractivity (Wildman–Crippen MR) is 183 cm³/mol. The normalized spacial score (nSPS) is 21.8. The second kappa shape index (κ2) is 13.3. The van der Waals surface area contributed by atoms with Crippen LogP contribution in [-0.2, 0) is 27.0 Å². The molecule has 8 rings (SSSR count). The van der Waals surface area contributed by atoms with Crippen LogP contribution in [0.15, 0.2) is 59.5 Å². The highest BCUT2D eigenvalue weighted by atomic mass is 16.7. The van der Waals surface area contributed by atoms with Gasteiger partial charge in [0.25, 0.3) is 0 Å². The molecule has 5 N–H and O–H groups in total. The molecule has 2 aliphatic carbocycles. The second-order valence-electron chi connectivity index (χ2n) is 13.5. The number of hydrogen-bond acceptors (Lipinski definition) is 11. The molecule has 3 fully saturated rings. The van der Waals surface area contributed by atoms with Crippen LogP contribution in [0.1, 0.15) is 64.0 Å². The van der Waals surface area contributed by atoms with Crippen molar-refractivity contribution in [3.05, 3.63) is 70.8 Å². The zero-order chi connectivity index (χ0) is 35.2. The quantitative estimate of drug-likeness (QED) is 0.118. The zero-order valence-electron chi connectivity index (χ0n) is 27.8. The average Bonchev–Trinajstić information content (AvgIpc) is 3.47. The van der Waals surface area contributed by atoms with Crippen molar-refractivity contribution < 1.29 is 29.6 Å². The molecule has 15 nitrogen and oxygen atoms in total. The number of nitrogens with zero attached hydrogens (tertiary/aromatic N) is 6. The van der Waals surface area contributed by atoms with E-state index in [1.54, 1.807) is 17.0 Å². The molecule has 2 saturated carbocycles. The van der Waals surface area contributed by atoms with Gasteiger partial charge in [0.05, 0.1) is 28.5 Å². The largest absolute Gasteiger partial charge is 0.461 e. The standard InChI is InChI=1S/C23H26N8O5.C12H14O2/c1-12-4-5-13(9-12)30-15-10-18(24-11-16(15)31(22(30)33)23(34,35)36)25-17-7-6-14-20(26-17)27-28-21(14)29-8-2-3-19(29)32;1-9-7-11(9)12(13)14-8-10-5-3-2-4-6-10/h6-7,10-13,34-36H,2-5,8-9H2,1H3,(H2,24,25,26,27,28);2-6,9,11H,7-8H2,1H3. The topological polar surface area (TPSA) is 201 Å². The molecule has 3 aliphatic rings. The number of esters is 1. The van der Waals surface area contributed by atoms with Crippen LogP contribution in [0.4, 0.5) is 17.5 Å². The van der Waals surface area contributed by atoms with Gasteiger partial charge >= 0.3 is 17.8 Å². The van der Waals surface area contributed by atoms with E-state index in [4.69, 9.17) is 4.74 Å². The Labute approximate surface area is 286 Å². The summed E-state index contributed by atoms with van der Waals surface area (Å²) >= 11 is 0. The van der Waals surface area contributed by atoms with Gasteiger partial charge in [-0.25, -0.2) is 19.3 Å². The van der Waals surface area contributed by atoms with Gasteiger partial charge in [-0.05, 0) is 61.6 Å². The smallest absolute Gasteiger partial charge is 0.377 e. The fourth-order valence-electron chi connectivity index (χ4n) is 6.90. The van der Waals surface area contributed by atoms with Gasteiger partial charge < -0.3 is 25.4 Å². The van der Waals surface area contributed by atoms with Gasteiger partial charge in [0.2, 0.25) is 5.91 Å². The highest BCUT2D eigenvalue weighted by Crippen LogP contribution is 2.39. The van der Waals surface area contributed by atoms with Crippen LogP contribution in [0.5, 0.6) is 0 Å². The number of hydrogen-bond donors (Lipinski definition) is 5. The number of imidazole rings is 1. The van der Waals surface area contributed by atoms with Gasteiger partial charge in [-0.1, -0.05) is 44.2 Å². The Morgan fingerprint density at radius 1 is 1.04 bits per heavy atom. The fraction of sp³-hybridized carbons (Fsp3) is 0.429. The van der Waals surface area contributed by atoms with E-state index in [2.05, 4.69) is 39.3 Å². The molecule has 0 spiro atoms. The van der Waals surface area contributed by atoms with Crippen LogP contribution in [0, 0.1) is 17.8 Å². The Morgan fingerprint density at radius 3 is 2.48 bits per heavy atom. The van der Waals surface area contributed by atoms with E-state index in [0.717, 1.165) is 43.1 Å². The Balaban J connectivity index is 0.000000234. The average molecular weight is 685 g/mol. The minimum Gasteiger partial charge on any atom is -0.461 e. The van der Waals surface area contributed by atoms with E-state index in [1.807, 2.05) is 36.4 Å². The lowest BCUT2D eigenvalue weighted by Crippen LogP contribution is -2.41. The van der Waals surface area contributed by atoms with Gasteiger partial charge in [0.15, 0.2) is 11.5 Å². The van der Waals surface area contributed by atoms with E-state index >= 15 is 0 Å². The highest BCUT2D eigenvalue weighted by Gasteiger charge is 2.40. The number of anilines is 3. The Morgan fingerprint density at radius 2 is 1.82 bits per heavy atom. The number of aromatic amines is 1. The molecule has 4 unspecified atom stereocenters. The third-order valence-electron chi connectivity index (χ3n) is 9.72. The maximum Gasteiger partial charge on any atom is 0.377 e. The molecule has 1 aromatic carbocycles. The Bertz CT molecular complexity index is 2100. The highest BCUT2D eigenvalue weighted by molar-refractivity contribution is 6.02. The summed E-state index contributed by atoms with van der Waals surface area (Å²) in [5.41, 5.74) is 1.33. The van der Waals surface area contributed by atoms with E-state index < -0.39 is 11.8 Å². The molecule has 4 atom stereocenters. The summed E-state index contributed by atoms with van der Waals surface area (Å²) in [5, 5.41) is 40.5. The molecule has 4 aromatic heterocycles. The van der Waals surface area contributed by atoms with Crippen LogP contribution in [0.2, 0.25) is 0 Å². The minimum atomic E-state index is -3.36. The SMILES string of the molecule is CC1CC1C(=O)OCc1ccccc1.CC1CCC(n2c(=O)n(C(O)(O)O)c3cnc(Nc4ccc5c(N6CCCC6=O)n[nH]c5n4)cc32)C1. The minimum absolute atomic E-state index is 0.0374. The molecule has 0 radical (unpaired) electrons. The number of ether oxygens (including phenoxy) is 1. The molecule has 1 aliphatic heterocycles. The van der Waals surface area contributed by atoms with Gasteiger partial charge in [0, 0.05) is 25.1 Å². The summed E-state index contributed by atoms with van der Waals surface area (Å²) in [5.74, 6) is 2.51. The van der Waals surface area contributed by atoms with Crippen LogP contribution in [0.3, 0.4) is 0 Å². The van der Waals surface area contributed by atoms with Crippen molar-refractivity contribution >= 4 is 51.4 Å². The maximum absolute atomic E-state index is 13.1. The first kappa shape index (κ1) is 33.4. The number of aromatic nitrogens is 6. The lowest BCUT2D eigenvalue weighted by molar-refractivity contribution is -0.374. The summed E-state index contributed by atoms with van der Waals surface area (Å²) in [6.07, 6.45) is 2.71. The molecule has 5 aromatic rings. The number of rotatable bonds is 8. The van der Waals surface area contributed by atoms with Gasteiger partial charge in [-0.15, -0.1) is 0 Å². The molecule has 0 bridgehead atoms. The number of H-pyrrole nitrogens is 1. The van der Waals surface area contributed by atoms with Crippen molar-refractivity contribution in [3.63, 3.8) is 0 Å². The number of carbonyl (C=O) groups excluding carboxylic acids is 2. The lowest BCUT2D eigenvalue weighted by atomic mass is 10.1. The molecular weight excluding hydrogens is 644 g/mol. The maximum atomic E-state index is 13.1. The molecule has 1 saturated heterocycles. The van der Waals surface area contributed by atoms with Crippen molar-refractivity contribution in [2.75, 3.05) is 16.8 Å². The number of fused-ring (bicyclic) bond motifs is 2. The number of carbonyl (C=O) groups is 2. The Hall–Kier alpha value is -5.12. The predicted octanol–water partition coefficient (Wildman–Crippen LogP) is 3.63. The summed E-state index contributed by atoms with van der Waals surface area (Å²) in [6.45, 7) is 5.22. The van der Waals surface area contributed by atoms with E-state index in [0.29, 0.717) is 64.6 Å². The molecule has 50 heavy (non-hydrogen) atoms. The third-order valence-corrected chi connectivity index (χ3v) is 9.72. The monoisotopic (exact) mass is 684 g/mol. The van der Waals surface area contributed by atoms with Crippen molar-refractivity contribution in [2.24, 2.45) is 17.8 Å².